The highest BCUT2D eigenvalue weighted by molar-refractivity contribution is 4.98. The van der Waals surface area contributed by atoms with Crippen molar-refractivity contribution in [3.05, 3.63) is 32.6 Å². The zero-order valence-corrected chi connectivity index (χ0v) is 10.1. The Balaban J connectivity index is 0.000000191. The van der Waals surface area contributed by atoms with Crippen LogP contribution in [0.15, 0.2) is 15.8 Å². The number of aromatic amines is 2. The molecule has 1 saturated heterocycles. The first kappa shape index (κ1) is 15.5. The van der Waals surface area contributed by atoms with Gasteiger partial charge in [-0.25, -0.2) is 4.79 Å². The molecule has 0 amide bonds. The minimum atomic E-state index is -1.38. The van der Waals surface area contributed by atoms with E-state index in [1.165, 1.54) is 6.20 Å². The van der Waals surface area contributed by atoms with Crippen LogP contribution in [0.25, 0.3) is 0 Å². The molecule has 2 rings (SSSR count). The number of H-pyrrole nitrogens is 2. The Bertz CT molecular complexity index is 511. The summed E-state index contributed by atoms with van der Waals surface area (Å²) in [6, 6.07) is 0. The second-order valence-corrected chi connectivity index (χ2v) is 3.98. The summed E-state index contributed by atoms with van der Waals surface area (Å²) >= 11 is 0. The lowest BCUT2D eigenvalue weighted by Gasteiger charge is -2.09. The van der Waals surface area contributed by atoms with Crippen LogP contribution in [-0.4, -0.2) is 61.6 Å². The molecule has 0 bridgehead atoms. The van der Waals surface area contributed by atoms with Crippen LogP contribution in [0.5, 0.6) is 0 Å². The molecule has 1 fully saturated rings. The topological polar surface area (TPSA) is 156 Å². The number of rotatable bonds is 1. The largest absolute Gasteiger partial charge is 0.394 e. The van der Waals surface area contributed by atoms with E-state index >= 15 is 0 Å². The van der Waals surface area contributed by atoms with Gasteiger partial charge in [-0.15, -0.1) is 0 Å². The van der Waals surface area contributed by atoms with E-state index in [1.807, 2.05) is 0 Å². The van der Waals surface area contributed by atoms with Crippen molar-refractivity contribution in [3.8, 4) is 0 Å². The van der Waals surface area contributed by atoms with Crippen molar-refractivity contribution in [1.82, 2.24) is 9.97 Å². The molecule has 1 unspecified atom stereocenters. The van der Waals surface area contributed by atoms with Gasteiger partial charge in [0.15, 0.2) is 6.29 Å². The van der Waals surface area contributed by atoms with Gasteiger partial charge in [0, 0.05) is 11.8 Å². The average Bonchev–Trinajstić information content (AvgIpc) is 2.62. The Kier molecular flexibility index (Phi) is 5.39. The van der Waals surface area contributed by atoms with Crippen molar-refractivity contribution < 1.29 is 25.2 Å². The van der Waals surface area contributed by atoms with Crippen molar-refractivity contribution in [1.29, 1.82) is 0 Å². The van der Waals surface area contributed by atoms with Crippen molar-refractivity contribution in [2.24, 2.45) is 0 Å². The van der Waals surface area contributed by atoms with Crippen LogP contribution in [-0.2, 0) is 4.74 Å². The molecule has 1 aliphatic heterocycles. The Morgan fingerprint density at radius 3 is 2.21 bits per heavy atom. The molecule has 0 radical (unpaired) electrons. The number of hydrogen-bond acceptors (Lipinski definition) is 7. The quantitative estimate of drug-likeness (QED) is 0.315. The smallest absolute Gasteiger partial charge is 0.325 e. The van der Waals surface area contributed by atoms with Gasteiger partial charge in [0.25, 0.3) is 5.56 Å². The van der Waals surface area contributed by atoms with Gasteiger partial charge in [0.2, 0.25) is 0 Å². The van der Waals surface area contributed by atoms with Crippen LogP contribution in [0.1, 0.15) is 5.56 Å². The Hall–Kier alpha value is -1.52. The first-order valence-corrected chi connectivity index (χ1v) is 5.46. The predicted octanol–water partition coefficient (Wildman–Crippen LogP) is -3.21. The fraction of sp³-hybridized carbons (Fsp3) is 0.600. The van der Waals surface area contributed by atoms with Crippen molar-refractivity contribution >= 4 is 0 Å². The summed E-state index contributed by atoms with van der Waals surface area (Å²) in [5.41, 5.74) is -0.293. The van der Waals surface area contributed by atoms with Gasteiger partial charge in [0.1, 0.15) is 18.3 Å². The number of nitrogens with one attached hydrogen (secondary N) is 2. The zero-order chi connectivity index (χ0) is 14.6. The lowest BCUT2D eigenvalue weighted by atomic mass is 10.1. The van der Waals surface area contributed by atoms with Gasteiger partial charge in [-0.1, -0.05) is 0 Å². The third-order valence-corrected chi connectivity index (χ3v) is 2.52. The maximum Gasteiger partial charge on any atom is 0.325 e. The van der Waals surface area contributed by atoms with Crippen LogP contribution in [0.2, 0.25) is 0 Å². The molecule has 19 heavy (non-hydrogen) atoms. The maximum atomic E-state index is 10.6. The lowest BCUT2D eigenvalue weighted by molar-refractivity contribution is -0.132. The van der Waals surface area contributed by atoms with Crippen LogP contribution < -0.4 is 11.2 Å². The van der Waals surface area contributed by atoms with Crippen molar-refractivity contribution in [2.45, 2.75) is 31.5 Å². The summed E-state index contributed by atoms with van der Waals surface area (Å²) in [7, 11) is 0. The van der Waals surface area contributed by atoms with Crippen molar-refractivity contribution in [2.75, 3.05) is 6.61 Å². The van der Waals surface area contributed by atoms with Crippen LogP contribution >= 0.6 is 0 Å². The SMILES string of the molecule is Cc1c[nH]c(=O)[nH]c1=O.OC[C@H]1OC(O)[C@H](O)[C@@H]1O. The summed E-state index contributed by atoms with van der Waals surface area (Å²) in [6.07, 6.45) is -3.38. The summed E-state index contributed by atoms with van der Waals surface area (Å²) in [5, 5.41) is 35.0. The summed E-state index contributed by atoms with van der Waals surface area (Å²) in [4.78, 5) is 25.3. The predicted molar refractivity (Wildman–Crippen MR) is 62.4 cm³/mol. The highest BCUT2D eigenvalue weighted by Crippen LogP contribution is 2.18. The molecule has 0 aromatic carbocycles. The second-order valence-electron chi connectivity index (χ2n) is 3.98. The van der Waals surface area contributed by atoms with E-state index in [-0.39, 0.29) is 5.56 Å². The Labute approximate surface area is 107 Å². The van der Waals surface area contributed by atoms with E-state index in [1.54, 1.807) is 6.92 Å². The highest BCUT2D eigenvalue weighted by atomic mass is 16.6. The van der Waals surface area contributed by atoms with E-state index in [9.17, 15) is 9.59 Å². The van der Waals surface area contributed by atoms with E-state index in [4.69, 9.17) is 20.4 Å². The molecular weight excluding hydrogens is 260 g/mol. The van der Waals surface area contributed by atoms with Gasteiger partial charge in [-0.3, -0.25) is 9.78 Å². The molecule has 9 nitrogen and oxygen atoms in total. The normalized spacial score (nSPS) is 29.7. The van der Waals surface area contributed by atoms with E-state index in [2.05, 4.69) is 14.7 Å². The lowest BCUT2D eigenvalue weighted by Crippen LogP contribution is -2.33. The third-order valence-electron chi connectivity index (χ3n) is 2.52. The molecule has 1 aromatic heterocycles. The molecule has 6 N–H and O–H groups in total. The fourth-order valence-electron chi connectivity index (χ4n) is 1.36. The zero-order valence-electron chi connectivity index (χ0n) is 10.1. The highest BCUT2D eigenvalue weighted by Gasteiger charge is 2.41. The summed E-state index contributed by atoms with van der Waals surface area (Å²) < 4.78 is 4.54. The van der Waals surface area contributed by atoms with Gasteiger partial charge in [-0.2, -0.15) is 0 Å². The van der Waals surface area contributed by atoms with Crippen LogP contribution in [0, 0.1) is 6.92 Å². The minimum absolute atomic E-state index is 0.334. The van der Waals surface area contributed by atoms with Gasteiger partial charge in [0.05, 0.1) is 6.61 Å². The summed E-state index contributed by atoms with van der Waals surface area (Å²) in [6.45, 7) is 1.21. The number of aromatic nitrogens is 2. The first-order valence-electron chi connectivity index (χ1n) is 5.46. The van der Waals surface area contributed by atoms with Gasteiger partial charge in [-0.05, 0) is 6.92 Å². The molecule has 0 saturated carbocycles. The molecule has 0 spiro atoms. The fourth-order valence-corrected chi connectivity index (χ4v) is 1.36. The number of aryl methyl sites for hydroxylation is 1. The Morgan fingerprint density at radius 1 is 1.26 bits per heavy atom. The first-order chi connectivity index (χ1) is 8.86. The molecule has 108 valence electrons. The molecule has 1 aliphatic rings. The van der Waals surface area contributed by atoms with Crippen LogP contribution in [0.3, 0.4) is 0 Å². The average molecular weight is 276 g/mol. The van der Waals surface area contributed by atoms with E-state index in [0.717, 1.165) is 0 Å². The van der Waals surface area contributed by atoms with E-state index in [0.29, 0.717) is 5.56 Å². The number of hydrogen-bond donors (Lipinski definition) is 6. The monoisotopic (exact) mass is 276 g/mol. The molecule has 4 atom stereocenters. The van der Waals surface area contributed by atoms with Crippen LogP contribution in [0.4, 0.5) is 0 Å². The Morgan fingerprint density at radius 2 is 1.89 bits per heavy atom. The van der Waals surface area contributed by atoms with Crippen molar-refractivity contribution in [3.63, 3.8) is 0 Å². The molecule has 0 aliphatic carbocycles. The number of aliphatic hydroxyl groups excluding tert-OH is 4. The number of aliphatic hydroxyl groups is 4. The van der Waals surface area contributed by atoms with E-state index < -0.39 is 36.9 Å². The maximum absolute atomic E-state index is 10.6. The third kappa shape index (κ3) is 3.98. The molecule has 9 heteroatoms. The molecule has 2 heterocycles. The number of ether oxygens (including phenoxy) is 1. The molecule has 1 aromatic rings. The second kappa shape index (κ2) is 6.59. The molecular formula is C10H16N2O7. The summed E-state index contributed by atoms with van der Waals surface area (Å²) in [5.74, 6) is 0. The standard InChI is InChI=1S/C5H6N2O2.C5H10O5/c1-3-2-6-5(9)7-4(3)8;6-1-2-3(7)4(8)5(9)10-2/h2H,1H3,(H2,6,7,8,9);2-9H,1H2/t;2-,3-,4-,5?/m.1/s1. The van der Waals surface area contributed by atoms with Gasteiger partial charge >= 0.3 is 5.69 Å². The van der Waals surface area contributed by atoms with Gasteiger partial charge < -0.3 is 30.1 Å². The minimum Gasteiger partial charge on any atom is -0.394 e.